The third-order valence-electron chi connectivity index (χ3n) is 5.97. The summed E-state index contributed by atoms with van der Waals surface area (Å²) in [6.45, 7) is 10.5. The number of aliphatic imine (C=N–C) groups is 1. The highest BCUT2D eigenvalue weighted by Crippen LogP contribution is 2.30. The third kappa shape index (κ3) is 6.54. The summed E-state index contributed by atoms with van der Waals surface area (Å²) in [5.41, 5.74) is 1.75. The standard InChI is InChI=1S/C25H35N5O4/c1-24(2)16-32-22(33-17-24)12-27-11-20(29-26)23-21(34-19-6-7-19)9-18(10-28-23)5-4-8-30-13-25(3,14-30)15-31/h9-11,19,22,31H,6-8,12-17,26H2,1-3H3/b27-11?,29-20+. The molecule has 0 aromatic carbocycles. The zero-order valence-electron chi connectivity index (χ0n) is 20.3. The molecule has 0 bridgehead atoms. The van der Waals surface area contributed by atoms with E-state index in [1.54, 1.807) is 12.4 Å². The molecule has 3 fully saturated rings. The van der Waals surface area contributed by atoms with Gasteiger partial charge in [0.25, 0.3) is 0 Å². The van der Waals surface area contributed by atoms with E-state index >= 15 is 0 Å². The van der Waals surface area contributed by atoms with Crippen molar-refractivity contribution < 1.29 is 19.3 Å². The highest BCUT2D eigenvalue weighted by molar-refractivity contribution is 6.38. The van der Waals surface area contributed by atoms with Gasteiger partial charge in [0.15, 0.2) is 6.29 Å². The summed E-state index contributed by atoms with van der Waals surface area (Å²) in [4.78, 5) is 11.2. The Morgan fingerprint density at radius 1 is 1.32 bits per heavy atom. The maximum absolute atomic E-state index is 9.38. The number of hydrazone groups is 1. The summed E-state index contributed by atoms with van der Waals surface area (Å²) in [5, 5.41) is 13.3. The van der Waals surface area contributed by atoms with Crippen LogP contribution in [0.5, 0.6) is 5.75 Å². The minimum Gasteiger partial charge on any atom is -0.488 e. The third-order valence-corrected chi connectivity index (χ3v) is 5.97. The fraction of sp³-hybridized carbons (Fsp3) is 0.640. The largest absolute Gasteiger partial charge is 0.488 e. The van der Waals surface area contributed by atoms with Crippen LogP contribution < -0.4 is 10.6 Å². The maximum atomic E-state index is 9.38. The first-order chi connectivity index (χ1) is 16.3. The lowest BCUT2D eigenvalue weighted by atomic mass is 9.83. The molecule has 0 unspecified atom stereocenters. The molecule has 4 rings (SSSR count). The van der Waals surface area contributed by atoms with E-state index < -0.39 is 0 Å². The second kappa shape index (κ2) is 10.4. The van der Waals surface area contributed by atoms with Crippen LogP contribution in [-0.4, -0.2) is 85.3 Å². The van der Waals surface area contributed by atoms with E-state index in [9.17, 15) is 5.11 Å². The second-order valence-electron chi connectivity index (χ2n) is 10.5. The van der Waals surface area contributed by atoms with Crippen molar-refractivity contribution in [3.8, 4) is 17.6 Å². The van der Waals surface area contributed by atoms with Gasteiger partial charge in [0, 0.05) is 35.7 Å². The van der Waals surface area contributed by atoms with Gasteiger partial charge in [-0.05, 0) is 18.9 Å². The van der Waals surface area contributed by atoms with E-state index in [1.807, 2.05) is 6.07 Å². The molecule has 9 nitrogen and oxygen atoms in total. The van der Waals surface area contributed by atoms with Crippen LogP contribution in [-0.2, 0) is 9.47 Å². The topological polar surface area (TPSA) is 115 Å². The van der Waals surface area contributed by atoms with Crippen molar-refractivity contribution >= 4 is 11.9 Å². The van der Waals surface area contributed by atoms with Crippen molar-refractivity contribution in [2.24, 2.45) is 26.8 Å². The van der Waals surface area contributed by atoms with Crippen molar-refractivity contribution in [3.05, 3.63) is 23.5 Å². The Kier molecular flexibility index (Phi) is 7.53. The normalized spacial score (nSPS) is 22.8. The van der Waals surface area contributed by atoms with Gasteiger partial charge >= 0.3 is 0 Å². The Morgan fingerprint density at radius 2 is 2.06 bits per heavy atom. The second-order valence-corrected chi connectivity index (χ2v) is 10.5. The summed E-state index contributed by atoms with van der Waals surface area (Å²) in [7, 11) is 0. The number of rotatable bonds is 8. The summed E-state index contributed by atoms with van der Waals surface area (Å²) in [5.74, 6) is 12.6. The van der Waals surface area contributed by atoms with Crippen LogP contribution in [0, 0.1) is 22.7 Å². The number of ether oxygens (including phenoxy) is 3. The van der Waals surface area contributed by atoms with Gasteiger partial charge in [-0.15, -0.1) is 0 Å². The lowest BCUT2D eigenvalue weighted by Gasteiger charge is -2.46. The number of nitrogens with zero attached hydrogens (tertiary/aromatic N) is 4. The monoisotopic (exact) mass is 469 g/mol. The summed E-state index contributed by atoms with van der Waals surface area (Å²) in [6.07, 6.45) is 5.13. The fourth-order valence-electron chi connectivity index (χ4n) is 3.87. The minimum absolute atomic E-state index is 0.00148. The molecule has 1 aromatic heterocycles. The van der Waals surface area contributed by atoms with Crippen molar-refractivity contribution in [3.63, 3.8) is 0 Å². The first kappa shape index (κ1) is 24.6. The molecule has 184 valence electrons. The highest BCUT2D eigenvalue weighted by Gasteiger charge is 2.37. The lowest BCUT2D eigenvalue weighted by Crippen LogP contribution is -2.56. The van der Waals surface area contributed by atoms with Gasteiger partial charge in [0.1, 0.15) is 17.2 Å². The molecule has 9 heteroatoms. The van der Waals surface area contributed by atoms with Crippen molar-refractivity contribution in [2.45, 2.75) is 46.0 Å². The molecule has 0 radical (unpaired) electrons. The van der Waals surface area contributed by atoms with Crippen LogP contribution in [0.25, 0.3) is 0 Å². The van der Waals surface area contributed by atoms with Crippen LogP contribution in [0.4, 0.5) is 0 Å². The van der Waals surface area contributed by atoms with Gasteiger partial charge in [-0.2, -0.15) is 5.10 Å². The van der Waals surface area contributed by atoms with Crippen LogP contribution in [0.15, 0.2) is 22.4 Å². The summed E-state index contributed by atoms with van der Waals surface area (Å²) >= 11 is 0. The highest BCUT2D eigenvalue weighted by atomic mass is 16.7. The Labute approximate surface area is 201 Å². The minimum atomic E-state index is -0.377. The molecule has 0 spiro atoms. The molecule has 1 aromatic rings. The van der Waals surface area contributed by atoms with E-state index in [-0.39, 0.29) is 29.8 Å². The van der Waals surface area contributed by atoms with Gasteiger partial charge < -0.3 is 25.2 Å². The number of aromatic nitrogens is 1. The van der Waals surface area contributed by atoms with Crippen molar-refractivity contribution in [2.75, 3.05) is 46.0 Å². The molecule has 1 saturated carbocycles. The van der Waals surface area contributed by atoms with Gasteiger partial charge in [-0.25, -0.2) is 4.98 Å². The molecule has 1 aliphatic carbocycles. The molecule has 0 amide bonds. The molecular formula is C25H35N5O4. The number of aliphatic hydroxyl groups is 1. The zero-order valence-corrected chi connectivity index (χ0v) is 20.3. The number of hydrogen-bond acceptors (Lipinski definition) is 9. The number of aliphatic hydroxyl groups excluding tert-OH is 1. The Bertz CT molecular complexity index is 977. The molecular weight excluding hydrogens is 434 g/mol. The Morgan fingerprint density at radius 3 is 2.71 bits per heavy atom. The van der Waals surface area contributed by atoms with Crippen LogP contribution in [0.3, 0.4) is 0 Å². The molecule has 2 aliphatic heterocycles. The average Bonchev–Trinajstić information content (AvgIpc) is 3.61. The van der Waals surface area contributed by atoms with E-state index in [1.165, 1.54) is 0 Å². The number of pyridine rings is 1. The summed E-state index contributed by atoms with van der Waals surface area (Å²) < 4.78 is 17.5. The van der Waals surface area contributed by atoms with Crippen molar-refractivity contribution in [1.82, 2.24) is 9.88 Å². The molecule has 34 heavy (non-hydrogen) atoms. The average molecular weight is 470 g/mol. The van der Waals surface area contributed by atoms with E-state index in [0.29, 0.717) is 43.5 Å². The number of hydrogen-bond donors (Lipinski definition) is 2. The molecule has 3 heterocycles. The van der Waals surface area contributed by atoms with Gasteiger partial charge in [0.2, 0.25) is 0 Å². The quantitative estimate of drug-likeness (QED) is 0.256. The van der Waals surface area contributed by atoms with E-state index in [4.69, 9.17) is 20.1 Å². The maximum Gasteiger partial charge on any atom is 0.176 e. The zero-order chi connectivity index (χ0) is 24.2. The molecule has 3 aliphatic rings. The fourth-order valence-corrected chi connectivity index (χ4v) is 3.87. The molecule has 0 atom stereocenters. The SMILES string of the molecule is CC1(C)COC(CN=C/C(=N\N)c2ncc(C#CCN3CC(C)(CO)C3)cc2OC2CC2)OC1. The molecule has 3 N–H and O–H groups in total. The van der Waals surface area contributed by atoms with Crippen LogP contribution >= 0.6 is 0 Å². The van der Waals surface area contributed by atoms with E-state index in [2.05, 4.69) is 52.6 Å². The van der Waals surface area contributed by atoms with Gasteiger partial charge in [-0.3, -0.25) is 9.89 Å². The van der Waals surface area contributed by atoms with E-state index in [0.717, 1.165) is 31.5 Å². The van der Waals surface area contributed by atoms with Gasteiger partial charge in [0.05, 0.1) is 45.2 Å². The number of likely N-dealkylation sites (tertiary alicyclic amines) is 1. The molecule has 2 saturated heterocycles. The Balaban J connectivity index is 1.39. The summed E-state index contributed by atoms with van der Waals surface area (Å²) in [6, 6.07) is 1.88. The lowest BCUT2D eigenvalue weighted by molar-refractivity contribution is -0.215. The number of nitrogens with two attached hydrogens (primary N) is 1. The van der Waals surface area contributed by atoms with Crippen LogP contribution in [0.1, 0.15) is 44.9 Å². The first-order valence-electron chi connectivity index (χ1n) is 11.8. The van der Waals surface area contributed by atoms with Crippen LogP contribution in [0.2, 0.25) is 0 Å². The predicted octanol–water partition coefficient (Wildman–Crippen LogP) is 1.42. The first-order valence-corrected chi connectivity index (χ1v) is 11.8. The van der Waals surface area contributed by atoms with Crippen molar-refractivity contribution in [1.29, 1.82) is 0 Å². The Hall–Kier alpha value is -2.51. The smallest absolute Gasteiger partial charge is 0.176 e. The predicted molar refractivity (Wildman–Crippen MR) is 130 cm³/mol. The van der Waals surface area contributed by atoms with Gasteiger partial charge in [-0.1, -0.05) is 32.6 Å².